The Morgan fingerprint density at radius 3 is 2.67 bits per heavy atom. The van der Waals surface area contributed by atoms with Gasteiger partial charge < -0.3 is 10.4 Å². The first-order chi connectivity index (χ1) is 14.2. The zero-order valence-corrected chi connectivity index (χ0v) is 17.6. The van der Waals surface area contributed by atoms with Crippen LogP contribution in [0.5, 0.6) is 0 Å². The Morgan fingerprint density at radius 2 is 2.00 bits per heavy atom. The van der Waals surface area contributed by atoms with Crippen LogP contribution in [0, 0.1) is 18.8 Å². The number of benzene rings is 1. The molecule has 4 atom stereocenters. The number of rotatable bonds is 6. The molecule has 1 spiro atoms. The fraction of sp³-hybridized carbons (Fsp3) is 0.524. The van der Waals surface area contributed by atoms with Crippen LogP contribution >= 0.6 is 11.6 Å². The fourth-order valence-corrected chi connectivity index (χ4v) is 5.27. The molecule has 8 nitrogen and oxygen atoms in total. The summed E-state index contributed by atoms with van der Waals surface area (Å²) in [6.07, 6.45) is 1.48. The van der Waals surface area contributed by atoms with Gasteiger partial charge in [0.2, 0.25) is 17.7 Å². The molecule has 0 saturated carbocycles. The SMILES string of the molecule is CCCCN1C(=O)C2C(CCC(=O)O)NC3(C(=O)Nc4c3ccc(Cl)c4C)C2C1=O. The summed E-state index contributed by atoms with van der Waals surface area (Å²) < 4.78 is 0. The van der Waals surface area contributed by atoms with Crippen LogP contribution in [0.1, 0.15) is 43.7 Å². The molecule has 2 fully saturated rings. The van der Waals surface area contributed by atoms with E-state index in [4.69, 9.17) is 16.7 Å². The van der Waals surface area contributed by atoms with E-state index < -0.39 is 35.3 Å². The van der Waals surface area contributed by atoms with E-state index in [1.807, 2.05) is 6.92 Å². The topological polar surface area (TPSA) is 116 Å². The molecule has 9 heteroatoms. The van der Waals surface area contributed by atoms with Gasteiger partial charge in [-0.2, -0.15) is 0 Å². The van der Waals surface area contributed by atoms with Crippen molar-refractivity contribution in [1.82, 2.24) is 10.2 Å². The highest BCUT2D eigenvalue weighted by atomic mass is 35.5. The quantitative estimate of drug-likeness (QED) is 0.591. The molecule has 3 N–H and O–H groups in total. The number of carbonyl (C=O) groups excluding carboxylic acids is 3. The van der Waals surface area contributed by atoms with Gasteiger partial charge >= 0.3 is 5.97 Å². The van der Waals surface area contributed by atoms with Gasteiger partial charge in [0.1, 0.15) is 5.54 Å². The van der Waals surface area contributed by atoms with Gasteiger partial charge in [-0.1, -0.05) is 31.0 Å². The molecule has 1 aromatic rings. The molecule has 0 aromatic heterocycles. The molecule has 3 aliphatic heterocycles. The molecule has 0 aliphatic carbocycles. The van der Waals surface area contributed by atoms with Crippen molar-refractivity contribution in [1.29, 1.82) is 0 Å². The van der Waals surface area contributed by atoms with E-state index in [1.54, 1.807) is 19.1 Å². The number of hydrogen-bond acceptors (Lipinski definition) is 5. The van der Waals surface area contributed by atoms with Crippen molar-refractivity contribution in [2.75, 3.05) is 11.9 Å². The van der Waals surface area contributed by atoms with E-state index >= 15 is 0 Å². The number of carboxylic acid groups (broad SMARTS) is 1. The summed E-state index contributed by atoms with van der Waals surface area (Å²) in [7, 11) is 0. The summed E-state index contributed by atoms with van der Waals surface area (Å²) in [4.78, 5) is 52.3. The lowest BCUT2D eigenvalue weighted by Gasteiger charge is -2.29. The van der Waals surface area contributed by atoms with Crippen LogP contribution in [0.4, 0.5) is 5.69 Å². The van der Waals surface area contributed by atoms with E-state index in [0.29, 0.717) is 34.8 Å². The molecule has 30 heavy (non-hydrogen) atoms. The molecule has 4 unspecified atom stereocenters. The number of anilines is 1. The van der Waals surface area contributed by atoms with Crippen LogP contribution in [0.15, 0.2) is 12.1 Å². The number of imide groups is 1. The second-order valence-corrected chi connectivity index (χ2v) is 8.63. The molecule has 1 aromatic carbocycles. The Bertz CT molecular complexity index is 964. The lowest BCUT2D eigenvalue weighted by molar-refractivity contribution is -0.143. The average Bonchev–Trinajstić information content (AvgIpc) is 3.27. The van der Waals surface area contributed by atoms with Gasteiger partial charge in [-0.15, -0.1) is 0 Å². The summed E-state index contributed by atoms with van der Waals surface area (Å²) >= 11 is 6.23. The van der Waals surface area contributed by atoms with Gasteiger partial charge in [0, 0.05) is 29.6 Å². The van der Waals surface area contributed by atoms with E-state index in [2.05, 4.69) is 10.6 Å². The van der Waals surface area contributed by atoms with Crippen LogP contribution in [0.25, 0.3) is 0 Å². The molecular weight excluding hydrogens is 410 g/mol. The Labute approximate surface area is 178 Å². The number of fused-ring (bicyclic) bond motifs is 4. The number of aliphatic carboxylic acids is 1. The van der Waals surface area contributed by atoms with Crippen molar-refractivity contribution in [3.05, 3.63) is 28.3 Å². The largest absolute Gasteiger partial charge is 0.481 e. The number of hydrogen-bond donors (Lipinski definition) is 3. The van der Waals surface area contributed by atoms with Gasteiger partial charge in [0.15, 0.2) is 0 Å². The zero-order valence-electron chi connectivity index (χ0n) is 16.8. The Kier molecular flexibility index (Phi) is 5.10. The van der Waals surface area contributed by atoms with Crippen LogP contribution < -0.4 is 10.6 Å². The van der Waals surface area contributed by atoms with E-state index in [1.165, 1.54) is 4.90 Å². The highest BCUT2D eigenvalue weighted by molar-refractivity contribution is 6.32. The number of halogens is 1. The first kappa shape index (κ1) is 20.8. The average molecular weight is 434 g/mol. The fourth-order valence-electron chi connectivity index (χ4n) is 5.11. The molecule has 2 saturated heterocycles. The normalized spacial score (nSPS) is 29.5. The number of carbonyl (C=O) groups is 4. The monoisotopic (exact) mass is 433 g/mol. The van der Waals surface area contributed by atoms with Gasteiger partial charge in [-0.05, 0) is 31.4 Å². The smallest absolute Gasteiger partial charge is 0.303 e. The number of nitrogens with zero attached hydrogens (tertiary/aromatic N) is 1. The maximum absolute atomic E-state index is 13.4. The number of nitrogens with one attached hydrogen (secondary N) is 2. The predicted octanol–water partition coefficient (Wildman–Crippen LogP) is 2.03. The van der Waals surface area contributed by atoms with E-state index in [0.717, 1.165) is 6.42 Å². The highest BCUT2D eigenvalue weighted by Crippen LogP contribution is 2.54. The molecular formula is C21H24ClN3O5. The van der Waals surface area contributed by atoms with E-state index in [9.17, 15) is 19.2 Å². The van der Waals surface area contributed by atoms with Crippen LogP contribution in [-0.2, 0) is 24.7 Å². The Hall–Kier alpha value is -2.45. The molecule has 3 aliphatic rings. The number of unbranched alkanes of at least 4 members (excludes halogenated alkanes) is 1. The highest BCUT2D eigenvalue weighted by Gasteiger charge is 2.70. The first-order valence-corrected chi connectivity index (χ1v) is 10.6. The minimum atomic E-state index is -1.41. The maximum Gasteiger partial charge on any atom is 0.303 e. The predicted molar refractivity (Wildman–Crippen MR) is 109 cm³/mol. The number of likely N-dealkylation sites (tertiary alicyclic amines) is 1. The van der Waals surface area contributed by atoms with Crippen molar-refractivity contribution < 1.29 is 24.3 Å². The van der Waals surface area contributed by atoms with Crippen molar-refractivity contribution in [2.45, 2.75) is 51.1 Å². The number of carboxylic acids is 1. The molecule has 0 bridgehead atoms. The summed E-state index contributed by atoms with van der Waals surface area (Å²) in [5, 5.41) is 15.7. The van der Waals surface area contributed by atoms with Crippen LogP contribution in [0.3, 0.4) is 0 Å². The lowest BCUT2D eigenvalue weighted by Crippen LogP contribution is -2.53. The van der Waals surface area contributed by atoms with Crippen molar-refractivity contribution in [2.24, 2.45) is 11.8 Å². The molecule has 0 radical (unpaired) electrons. The van der Waals surface area contributed by atoms with Crippen molar-refractivity contribution >= 4 is 41.0 Å². The molecule has 3 amide bonds. The second kappa shape index (κ2) is 7.35. The Balaban J connectivity index is 1.83. The number of amides is 3. The summed E-state index contributed by atoms with van der Waals surface area (Å²) in [6, 6.07) is 2.79. The van der Waals surface area contributed by atoms with Crippen molar-refractivity contribution in [3.8, 4) is 0 Å². The van der Waals surface area contributed by atoms with Crippen molar-refractivity contribution in [3.63, 3.8) is 0 Å². The minimum Gasteiger partial charge on any atom is -0.481 e. The molecule has 4 rings (SSSR count). The van der Waals surface area contributed by atoms with Crippen LogP contribution in [-0.4, -0.2) is 46.3 Å². The third-order valence-electron chi connectivity index (χ3n) is 6.58. The standard InChI is InChI=1S/C21H24ClN3O5/c1-3-4-9-25-18(28)15-13(7-8-14(26)27)24-21(16(15)19(25)29)11-5-6-12(22)10(2)17(11)23-20(21)30/h5-6,13,15-16,24H,3-4,7-9H2,1-2H3,(H,23,30)(H,26,27). The Morgan fingerprint density at radius 1 is 1.27 bits per heavy atom. The van der Waals surface area contributed by atoms with Gasteiger partial charge in [-0.25, -0.2) is 0 Å². The first-order valence-electron chi connectivity index (χ1n) is 10.2. The minimum absolute atomic E-state index is 0.147. The third kappa shape index (κ3) is 2.77. The van der Waals surface area contributed by atoms with Gasteiger partial charge in [0.05, 0.1) is 17.5 Å². The lowest BCUT2D eigenvalue weighted by atomic mass is 9.76. The second-order valence-electron chi connectivity index (χ2n) is 8.23. The molecule has 160 valence electrons. The molecule has 3 heterocycles. The summed E-state index contributed by atoms with van der Waals surface area (Å²) in [6.45, 7) is 4.05. The van der Waals surface area contributed by atoms with Gasteiger partial charge in [-0.3, -0.25) is 29.4 Å². The zero-order chi connectivity index (χ0) is 21.8. The van der Waals surface area contributed by atoms with E-state index in [-0.39, 0.29) is 24.7 Å². The van der Waals surface area contributed by atoms with Crippen LogP contribution in [0.2, 0.25) is 5.02 Å². The summed E-state index contributed by atoms with van der Waals surface area (Å²) in [5.41, 5.74) is 0.406. The maximum atomic E-state index is 13.4. The van der Waals surface area contributed by atoms with Gasteiger partial charge in [0.25, 0.3) is 0 Å². The summed E-state index contributed by atoms with van der Waals surface area (Å²) in [5.74, 6) is -3.80. The third-order valence-corrected chi connectivity index (χ3v) is 6.99.